The summed E-state index contributed by atoms with van der Waals surface area (Å²) in [5, 5.41) is 4.91. The SMILES string of the molecule is Cc1cnc(C(C)NCC2CCC(C(C)(C)C)CC2)s1. The zero-order valence-electron chi connectivity index (χ0n) is 13.7. The Bertz CT molecular complexity index is 411. The van der Waals surface area contributed by atoms with E-state index in [2.05, 4.69) is 44.9 Å². The highest BCUT2D eigenvalue weighted by atomic mass is 32.1. The van der Waals surface area contributed by atoms with Crippen LogP contribution in [0, 0.1) is 24.2 Å². The number of hydrogen-bond acceptors (Lipinski definition) is 3. The van der Waals surface area contributed by atoms with Crippen LogP contribution in [0.1, 0.15) is 69.3 Å². The van der Waals surface area contributed by atoms with E-state index in [1.165, 1.54) is 35.6 Å². The van der Waals surface area contributed by atoms with Crippen LogP contribution in [-0.2, 0) is 0 Å². The van der Waals surface area contributed by atoms with E-state index in [1.54, 1.807) is 0 Å². The van der Waals surface area contributed by atoms with Crippen LogP contribution in [0.5, 0.6) is 0 Å². The Kier molecular flexibility index (Phi) is 5.25. The number of hydrogen-bond donors (Lipinski definition) is 1. The Morgan fingerprint density at radius 2 is 1.95 bits per heavy atom. The van der Waals surface area contributed by atoms with Crippen LogP contribution in [0.25, 0.3) is 0 Å². The monoisotopic (exact) mass is 294 g/mol. The van der Waals surface area contributed by atoms with Gasteiger partial charge in [0.15, 0.2) is 0 Å². The molecule has 1 fully saturated rings. The lowest BCUT2D eigenvalue weighted by molar-refractivity contribution is 0.148. The summed E-state index contributed by atoms with van der Waals surface area (Å²) in [4.78, 5) is 5.78. The first-order chi connectivity index (χ1) is 9.36. The highest BCUT2D eigenvalue weighted by Gasteiger charge is 2.29. The van der Waals surface area contributed by atoms with Crippen LogP contribution in [0.2, 0.25) is 0 Å². The van der Waals surface area contributed by atoms with Gasteiger partial charge in [-0.3, -0.25) is 0 Å². The highest BCUT2D eigenvalue weighted by Crippen LogP contribution is 2.39. The van der Waals surface area contributed by atoms with Crippen molar-refractivity contribution in [1.29, 1.82) is 0 Å². The Balaban J connectivity index is 1.73. The Hall–Kier alpha value is -0.410. The van der Waals surface area contributed by atoms with Crippen molar-refractivity contribution in [1.82, 2.24) is 10.3 Å². The summed E-state index contributed by atoms with van der Waals surface area (Å²) in [7, 11) is 0. The van der Waals surface area contributed by atoms with Gasteiger partial charge in [0.1, 0.15) is 5.01 Å². The predicted molar refractivity (Wildman–Crippen MR) is 88.2 cm³/mol. The van der Waals surface area contributed by atoms with Gasteiger partial charge < -0.3 is 5.32 Å². The molecule has 1 saturated carbocycles. The van der Waals surface area contributed by atoms with Crippen molar-refractivity contribution >= 4 is 11.3 Å². The fraction of sp³-hybridized carbons (Fsp3) is 0.824. The molecule has 20 heavy (non-hydrogen) atoms. The Labute approximate surface area is 128 Å². The number of aryl methyl sites for hydroxylation is 1. The molecule has 0 radical (unpaired) electrons. The van der Waals surface area contributed by atoms with Gasteiger partial charge in [0.2, 0.25) is 0 Å². The fourth-order valence-corrected chi connectivity index (χ4v) is 4.04. The molecule has 114 valence electrons. The molecule has 2 nitrogen and oxygen atoms in total. The van der Waals surface area contributed by atoms with Crippen molar-refractivity contribution in [3.05, 3.63) is 16.1 Å². The topological polar surface area (TPSA) is 24.9 Å². The summed E-state index contributed by atoms with van der Waals surface area (Å²) in [6.45, 7) is 12.7. The molecule has 0 saturated heterocycles. The zero-order chi connectivity index (χ0) is 14.8. The molecule has 1 atom stereocenters. The number of nitrogens with one attached hydrogen (secondary N) is 1. The van der Waals surface area contributed by atoms with Gasteiger partial charge >= 0.3 is 0 Å². The minimum atomic E-state index is 0.397. The van der Waals surface area contributed by atoms with Gasteiger partial charge in [-0.05, 0) is 63.3 Å². The number of nitrogens with zero attached hydrogens (tertiary/aromatic N) is 1. The predicted octanol–water partition coefficient (Wildman–Crippen LogP) is 4.95. The first kappa shape index (κ1) is 16.0. The van der Waals surface area contributed by atoms with Crippen LogP contribution >= 0.6 is 11.3 Å². The van der Waals surface area contributed by atoms with Crippen LogP contribution in [0.4, 0.5) is 0 Å². The average Bonchev–Trinajstić information content (AvgIpc) is 2.82. The van der Waals surface area contributed by atoms with Crippen molar-refractivity contribution in [2.45, 2.75) is 66.3 Å². The van der Waals surface area contributed by atoms with Crippen molar-refractivity contribution in [2.24, 2.45) is 17.3 Å². The van der Waals surface area contributed by atoms with E-state index in [0.29, 0.717) is 11.5 Å². The summed E-state index contributed by atoms with van der Waals surface area (Å²) >= 11 is 1.81. The molecule has 1 heterocycles. The van der Waals surface area contributed by atoms with E-state index < -0.39 is 0 Å². The van der Waals surface area contributed by atoms with Crippen LogP contribution in [-0.4, -0.2) is 11.5 Å². The number of rotatable bonds is 4. The Morgan fingerprint density at radius 1 is 1.30 bits per heavy atom. The highest BCUT2D eigenvalue weighted by molar-refractivity contribution is 7.11. The third kappa shape index (κ3) is 4.29. The third-order valence-electron chi connectivity index (χ3n) is 4.79. The molecular formula is C17H30N2S. The first-order valence-corrected chi connectivity index (χ1v) is 8.83. The number of aromatic nitrogens is 1. The summed E-state index contributed by atoms with van der Waals surface area (Å²) in [6.07, 6.45) is 7.56. The molecule has 0 bridgehead atoms. The molecule has 0 aromatic carbocycles. The second kappa shape index (κ2) is 6.57. The van der Waals surface area contributed by atoms with E-state index in [0.717, 1.165) is 18.4 Å². The molecule has 1 aromatic rings. The lowest BCUT2D eigenvalue weighted by atomic mass is 9.70. The van der Waals surface area contributed by atoms with Crippen LogP contribution in [0.15, 0.2) is 6.20 Å². The lowest BCUT2D eigenvalue weighted by Crippen LogP contribution is -2.31. The van der Waals surface area contributed by atoms with Gasteiger partial charge in [-0.2, -0.15) is 0 Å². The minimum absolute atomic E-state index is 0.397. The molecule has 1 aromatic heterocycles. The van der Waals surface area contributed by atoms with Crippen LogP contribution in [0.3, 0.4) is 0 Å². The van der Waals surface area contributed by atoms with Gasteiger partial charge in [0.25, 0.3) is 0 Å². The number of thiazole rings is 1. The largest absolute Gasteiger partial charge is 0.308 e. The minimum Gasteiger partial charge on any atom is -0.308 e. The van der Waals surface area contributed by atoms with Crippen molar-refractivity contribution in [3.8, 4) is 0 Å². The van der Waals surface area contributed by atoms with Crippen molar-refractivity contribution in [2.75, 3.05) is 6.54 Å². The summed E-state index contributed by atoms with van der Waals surface area (Å²) < 4.78 is 0. The summed E-state index contributed by atoms with van der Waals surface area (Å²) in [6, 6.07) is 0.397. The van der Waals surface area contributed by atoms with E-state index >= 15 is 0 Å². The lowest BCUT2D eigenvalue weighted by Gasteiger charge is -2.37. The average molecular weight is 295 g/mol. The van der Waals surface area contributed by atoms with Gasteiger partial charge in [-0.1, -0.05) is 20.8 Å². The molecule has 2 rings (SSSR count). The van der Waals surface area contributed by atoms with Crippen LogP contribution < -0.4 is 5.32 Å². The van der Waals surface area contributed by atoms with Gasteiger partial charge in [0, 0.05) is 11.1 Å². The zero-order valence-corrected chi connectivity index (χ0v) is 14.5. The van der Waals surface area contributed by atoms with Gasteiger partial charge in [-0.15, -0.1) is 11.3 Å². The molecule has 0 spiro atoms. The maximum Gasteiger partial charge on any atom is 0.109 e. The van der Waals surface area contributed by atoms with E-state index in [-0.39, 0.29) is 0 Å². The smallest absolute Gasteiger partial charge is 0.109 e. The van der Waals surface area contributed by atoms with Gasteiger partial charge in [-0.25, -0.2) is 4.98 Å². The maximum absolute atomic E-state index is 4.48. The molecule has 1 unspecified atom stereocenters. The molecule has 0 amide bonds. The molecular weight excluding hydrogens is 264 g/mol. The fourth-order valence-electron chi connectivity index (χ4n) is 3.24. The first-order valence-electron chi connectivity index (χ1n) is 8.02. The second-order valence-corrected chi connectivity index (χ2v) is 8.79. The second-order valence-electron chi connectivity index (χ2n) is 7.52. The third-order valence-corrected chi connectivity index (χ3v) is 5.89. The quantitative estimate of drug-likeness (QED) is 0.849. The summed E-state index contributed by atoms with van der Waals surface area (Å²) in [5.74, 6) is 1.77. The Morgan fingerprint density at radius 3 is 2.45 bits per heavy atom. The van der Waals surface area contributed by atoms with Crippen molar-refractivity contribution < 1.29 is 0 Å². The molecule has 3 heteroatoms. The van der Waals surface area contributed by atoms with E-state index in [4.69, 9.17) is 0 Å². The molecule has 0 aliphatic heterocycles. The molecule has 1 aliphatic rings. The normalized spacial score (nSPS) is 25.6. The van der Waals surface area contributed by atoms with Crippen molar-refractivity contribution in [3.63, 3.8) is 0 Å². The van der Waals surface area contributed by atoms with Gasteiger partial charge in [0.05, 0.1) is 6.04 Å². The maximum atomic E-state index is 4.48. The molecule has 1 aliphatic carbocycles. The van der Waals surface area contributed by atoms with E-state index in [9.17, 15) is 0 Å². The summed E-state index contributed by atoms with van der Waals surface area (Å²) in [5.41, 5.74) is 0.490. The van der Waals surface area contributed by atoms with E-state index in [1.807, 2.05) is 17.5 Å². The standard InChI is InChI=1S/C17H30N2S/c1-12-10-19-16(20-12)13(2)18-11-14-6-8-15(9-7-14)17(3,4)5/h10,13-15,18H,6-9,11H2,1-5H3. The molecule has 1 N–H and O–H groups in total.